The van der Waals surface area contributed by atoms with Crippen molar-refractivity contribution >= 4 is 51.7 Å². The van der Waals surface area contributed by atoms with Crippen molar-refractivity contribution in [1.82, 2.24) is 20.3 Å². The lowest BCUT2D eigenvalue weighted by Gasteiger charge is -2.49. The number of hydrogen-bond donors (Lipinski definition) is 3. The molecule has 3 aliphatic rings. The van der Waals surface area contributed by atoms with Crippen LogP contribution in [0, 0.1) is 0 Å². The van der Waals surface area contributed by atoms with E-state index in [0.717, 1.165) is 24.3 Å². The summed E-state index contributed by atoms with van der Waals surface area (Å²) in [5.74, 6) is -2.03. The quantitative estimate of drug-likeness (QED) is 0.268. The average Bonchev–Trinajstić information content (AvgIpc) is 3.40. The van der Waals surface area contributed by atoms with Crippen molar-refractivity contribution in [2.75, 3.05) is 32.2 Å². The van der Waals surface area contributed by atoms with Gasteiger partial charge in [0.25, 0.3) is 11.8 Å². The maximum absolute atomic E-state index is 12.9. The van der Waals surface area contributed by atoms with E-state index in [-0.39, 0.29) is 28.3 Å². The van der Waals surface area contributed by atoms with Gasteiger partial charge in [-0.15, -0.1) is 23.1 Å². The molecule has 33 heavy (non-hydrogen) atoms. The Balaban J connectivity index is 1.50. The second kappa shape index (κ2) is 9.51. The van der Waals surface area contributed by atoms with Gasteiger partial charge in [0.1, 0.15) is 29.9 Å². The van der Waals surface area contributed by atoms with Gasteiger partial charge in [-0.3, -0.25) is 19.3 Å². The highest BCUT2D eigenvalue weighted by Crippen LogP contribution is 2.40. The van der Waals surface area contributed by atoms with Crippen molar-refractivity contribution in [3.05, 3.63) is 34.5 Å². The zero-order valence-electron chi connectivity index (χ0n) is 17.8. The molecule has 14 heteroatoms. The number of carboxylic acid groups (broad SMARTS) is 1. The Labute approximate surface area is 197 Å². The summed E-state index contributed by atoms with van der Waals surface area (Å²) in [5.41, 5.74) is 6.14. The predicted octanol–water partition coefficient (Wildman–Crippen LogP) is 0.00630. The summed E-state index contributed by atoms with van der Waals surface area (Å²) in [7, 11) is 3.11. The number of anilines is 1. The maximum Gasteiger partial charge on any atom is 0.352 e. The molecule has 0 saturated carbocycles. The summed E-state index contributed by atoms with van der Waals surface area (Å²) in [6, 6.07) is -0.910. The molecule has 1 aromatic heterocycles. The van der Waals surface area contributed by atoms with Crippen LogP contribution in [0.4, 0.5) is 5.13 Å². The van der Waals surface area contributed by atoms with E-state index in [0.29, 0.717) is 11.3 Å². The first-order valence-corrected chi connectivity index (χ1v) is 11.8. The molecule has 4 N–H and O–H groups in total. The molecule has 0 aliphatic carbocycles. The first kappa shape index (κ1) is 23.2. The van der Waals surface area contributed by atoms with Crippen LogP contribution in [0.3, 0.4) is 0 Å². The number of oxime groups is 1. The molecule has 3 atom stereocenters. The van der Waals surface area contributed by atoms with Crippen molar-refractivity contribution in [2.45, 2.75) is 23.9 Å². The minimum atomic E-state index is -1.21. The number of nitrogens with zero attached hydrogens (tertiary/aromatic N) is 4. The number of hydroxylamine groups is 2. The zero-order chi connectivity index (χ0) is 23.7. The lowest BCUT2D eigenvalue weighted by molar-refractivity contribution is -0.150. The van der Waals surface area contributed by atoms with Gasteiger partial charge in [-0.1, -0.05) is 17.3 Å². The van der Waals surface area contributed by atoms with Gasteiger partial charge in [-0.05, 0) is 12.0 Å². The minimum absolute atomic E-state index is 0.0880. The number of hydrogen-bond acceptors (Lipinski definition) is 11. The van der Waals surface area contributed by atoms with E-state index in [9.17, 15) is 19.5 Å². The highest BCUT2D eigenvalue weighted by atomic mass is 32.2. The molecule has 2 fully saturated rings. The number of nitrogen functional groups attached to an aromatic ring is 1. The van der Waals surface area contributed by atoms with Crippen LogP contribution in [0.5, 0.6) is 0 Å². The number of carbonyl (C=O) groups is 3. The number of rotatable bonds is 7. The first-order valence-electron chi connectivity index (χ1n) is 9.90. The third-order valence-corrected chi connectivity index (χ3v) is 7.18. The predicted molar refractivity (Wildman–Crippen MR) is 121 cm³/mol. The Kier molecular flexibility index (Phi) is 6.69. The SMILES string of the molecule is CO/N=C(\C(=O)N[C@@H]1C(=O)N2C(C(=O)O)=C(/C=C\C3CCN(C)O3)CS[C@@H]12)c1csc(N)n1. The standard InChI is InChI=1S/C19H22N6O6S2/c1-24-6-5-10(31-24)4-3-9-7-32-17-13(16(27)25(17)14(9)18(28)29)22-15(26)12(23-30-2)11-8-33-19(20)21-11/h3-4,8,10,13,17H,5-7H2,1-2H3,(H2,20,21)(H,22,26)(H,28,29)/b4-3-,23-12-/t10?,13-,17+/m1/s1. The third kappa shape index (κ3) is 4.59. The highest BCUT2D eigenvalue weighted by molar-refractivity contribution is 8.00. The van der Waals surface area contributed by atoms with Crippen LogP contribution in [0.25, 0.3) is 0 Å². The largest absolute Gasteiger partial charge is 0.477 e. The smallest absolute Gasteiger partial charge is 0.352 e. The number of carbonyl (C=O) groups excluding carboxylic acids is 2. The van der Waals surface area contributed by atoms with E-state index in [1.165, 1.54) is 23.8 Å². The second-order valence-corrected chi connectivity index (χ2v) is 9.37. The maximum atomic E-state index is 12.9. The van der Waals surface area contributed by atoms with E-state index in [4.69, 9.17) is 15.4 Å². The Morgan fingerprint density at radius 2 is 2.27 bits per heavy atom. The number of nitrogens with two attached hydrogens (primary N) is 1. The molecule has 1 unspecified atom stereocenters. The molecule has 3 aliphatic heterocycles. The Morgan fingerprint density at radius 3 is 2.88 bits per heavy atom. The van der Waals surface area contributed by atoms with Crippen LogP contribution in [0.15, 0.2) is 34.0 Å². The number of allylic oxidation sites excluding steroid dienone is 1. The average molecular weight is 495 g/mol. The number of fused-ring (bicyclic) bond motifs is 1. The van der Waals surface area contributed by atoms with Gasteiger partial charge in [-0.2, -0.15) is 5.06 Å². The van der Waals surface area contributed by atoms with Gasteiger partial charge in [-0.25, -0.2) is 9.78 Å². The van der Waals surface area contributed by atoms with Gasteiger partial charge in [0.05, 0.1) is 6.10 Å². The summed E-state index contributed by atoms with van der Waals surface area (Å²) >= 11 is 2.50. The summed E-state index contributed by atoms with van der Waals surface area (Å²) in [4.78, 5) is 53.2. The Hall–Kier alpha value is -2.94. The molecule has 2 amide bonds. The van der Waals surface area contributed by atoms with Crippen molar-refractivity contribution in [1.29, 1.82) is 0 Å². The van der Waals surface area contributed by atoms with Crippen LogP contribution in [-0.4, -0.2) is 87.5 Å². The third-order valence-electron chi connectivity index (χ3n) is 5.21. The molecule has 0 bridgehead atoms. The fourth-order valence-corrected chi connectivity index (χ4v) is 5.54. The molecule has 4 rings (SSSR count). The molecular formula is C19H22N6O6S2. The molecular weight excluding hydrogens is 472 g/mol. The van der Waals surface area contributed by atoms with Crippen molar-refractivity contribution in [3.8, 4) is 0 Å². The molecule has 0 spiro atoms. The second-order valence-electron chi connectivity index (χ2n) is 7.38. The zero-order valence-corrected chi connectivity index (χ0v) is 19.4. The minimum Gasteiger partial charge on any atom is -0.477 e. The number of amides is 2. The molecule has 1 aromatic rings. The number of aliphatic carboxylic acids is 1. The highest BCUT2D eigenvalue weighted by Gasteiger charge is 2.54. The van der Waals surface area contributed by atoms with Crippen molar-refractivity contribution in [3.63, 3.8) is 0 Å². The molecule has 0 radical (unpaired) electrons. The molecule has 176 valence electrons. The van der Waals surface area contributed by atoms with Gasteiger partial charge in [0.2, 0.25) is 0 Å². The number of thiazole rings is 1. The molecule has 0 aromatic carbocycles. The van der Waals surface area contributed by atoms with E-state index >= 15 is 0 Å². The first-order chi connectivity index (χ1) is 15.8. The number of thioether (sulfide) groups is 1. The molecule has 4 heterocycles. The molecule has 2 saturated heterocycles. The van der Waals surface area contributed by atoms with Crippen LogP contribution in [0.1, 0.15) is 12.1 Å². The fourth-order valence-electron chi connectivity index (χ4n) is 3.67. The number of β-lactam (4-membered cyclic amide) rings is 1. The van der Waals surface area contributed by atoms with E-state index < -0.39 is 29.2 Å². The van der Waals surface area contributed by atoms with Crippen molar-refractivity contribution < 1.29 is 29.2 Å². The molecule has 12 nitrogen and oxygen atoms in total. The Morgan fingerprint density at radius 1 is 1.48 bits per heavy atom. The van der Waals surface area contributed by atoms with Gasteiger partial charge in [0, 0.05) is 24.7 Å². The summed E-state index contributed by atoms with van der Waals surface area (Å²) < 4.78 is 0. The van der Waals surface area contributed by atoms with Crippen molar-refractivity contribution in [2.24, 2.45) is 5.16 Å². The van der Waals surface area contributed by atoms with Crippen LogP contribution >= 0.6 is 23.1 Å². The van der Waals surface area contributed by atoms with Crippen LogP contribution < -0.4 is 11.1 Å². The topological polar surface area (TPSA) is 160 Å². The summed E-state index contributed by atoms with van der Waals surface area (Å²) in [5, 5.41) is 19.1. The van der Waals surface area contributed by atoms with Crippen LogP contribution in [-0.2, 0) is 24.1 Å². The van der Waals surface area contributed by atoms with Crippen LogP contribution in [0.2, 0.25) is 0 Å². The fraction of sp³-hybridized carbons (Fsp3) is 0.421. The number of carboxylic acids is 1. The Bertz CT molecular complexity index is 1070. The number of aromatic nitrogens is 1. The lowest BCUT2D eigenvalue weighted by atomic mass is 10.0. The normalized spacial score (nSPS) is 25.9. The van der Waals surface area contributed by atoms with E-state index in [2.05, 4.69) is 15.5 Å². The summed E-state index contributed by atoms with van der Waals surface area (Å²) in [6.07, 6.45) is 4.16. The van der Waals surface area contributed by atoms with E-state index in [1.807, 2.05) is 7.05 Å². The number of nitrogens with one attached hydrogen (secondary N) is 1. The summed E-state index contributed by atoms with van der Waals surface area (Å²) in [6.45, 7) is 0.782. The van der Waals surface area contributed by atoms with Gasteiger partial charge < -0.3 is 21.0 Å². The monoisotopic (exact) mass is 494 g/mol. The van der Waals surface area contributed by atoms with Gasteiger partial charge >= 0.3 is 5.97 Å². The van der Waals surface area contributed by atoms with E-state index in [1.54, 1.807) is 22.6 Å². The van der Waals surface area contributed by atoms with Gasteiger partial charge in [0.15, 0.2) is 10.8 Å². The lowest BCUT2D eigenvalue weighted by Crippen LogP contribution is -2.71.